The summed E-state index contributed by atoms with van der Waals surface area (Å²) in [4.78, 5) is 4.20. The maximum absolute atomic E-state index is 10.3. The van der Waals surface area contributed by atoms with Gasteiger partial charge >= 0.3 is 0 Å². The molecule has 6 aromatic rings. The lowest BCUT2D eigenvalue weighted by Crippen LogP contribution is -2.16. The number of nitrogens with zero attached hydrogens (tertiary/aromatic N) is 4. The van der Waals surface area contributed by atoms with Crippen molar-refractivity contribution in [3.05, 3.63) is 145 Å². The van der Waals surface area contributed by atoms with Crippen molar-refractivity contribution < 1.29 is 9.47 Å². The van der Waals surface area contributed by atoms with Crippen LogP contribution < -0.4 is 19.3 Å². The first-order valence-corrected chi connectivity index (χ1v) is 14.1. The lowest BCUT2D eigenvalue weighted by Gasteiger charge is -2.33. The molecule has 206 valence electrons. The van der Waals surface area contributed by atoms with E-state index in [1.807, 2.05) is 133 Å². The number of nitriles is 2. The molecular weight excluding hydrogens is 544 g/mol. The van der Waals surface area contributed by atoms with Gasteiger partial charge in [-0.05, 0) is 72.8 Å². The normalized spacial score (nSPS) is 12.3. The third-order valence-electron chi connectivity index (χ3n) is 7.92. The predicted molar refractivity (Wildman–Crippen MR) is 171 cm³/mol. The number of ether oxygens (including phenoxy) is 2. The fourth-order valence-corrected chi connectivity index (χ4v) is 5.96. The third-order valence-corrected chi connectivity index (χ3v) is 7.92. The number of para-hydroxylation sites is 8. The third kappa shape index (κ3) is 3.94. The summed E-state index contributed by atoms with van der Waals surface area (Å²) in [7, 11) is 0. The van der Waals surface area contributed by atoms with Gasteiger partial charge in [0.2, 0.25) is 0 Å². The second kappa shape index (κ2) is 10.1. The average molecular weight is 567 g/mol. The molecule has 0 saturated heterocycles. The minimum absolute atomic E-state index is 0.468. The van der Waals surface area contributed by atoms with Gasteiger partial charge in [0.05, 0.1) is 46.0 Å². The summed E-state index contributed by atoms with van der Waals surface area (Å²) in [5.74, 6) is 2.95. The average Bonchev–Trinajstić information content (AvgIpc) is 3.09. The van der Waals surface area contributed by atoms with E-state index in [0.29, 0.717) is 22.3 Å². The van der Waals surface area contributed by atoms with E-state index in [4.69, 9.17) is 9.47 Å². The largest absolute Gasteiger partial charge is 0.453 e. The topological polar surface area (TPSA) is 72.5 Å². The fraction of sp³-hybridized carbons (Fsp3) is 0. The highest BCUT2D eigenvalue weighted by atomic mass is 16.5. The van der Waals surface area contributed by atoms with E-state index in [9.17, 15) is 10.5 Å². The van der Waals surface area contributed by atoms with Crippen LogP contribution in [0.2, 0.25) is 0 Å². The van der Waals surface area contributed by atoms with Gasteiger partial charge in [-0.25, -0.2) is 0 Å². The molecule has 0 atom stereocenters. The van der Waals surface area contributed by atoms with E-state index >= 15 is 0 Å². The van der Waals surface area contributed by atoms with E-state index in [0.717, 1.165) is 57.1 Å². The summed E-state index contributed by atoms with van der Waals surface area (Å²) in [6, 6.07) is 47.7. The molecule has 0 unspecified atom stereocenters. The Labute approximate surface area is 254 Å². The molecule has 0 aliphatic carbocycles. The van der Waals surface area contributed by atoms with Crippen LogP contribution in [0.4, 0.5) is 34.1 Å². The zero-order valence-corrected chi connectivity index (χ0v) is 23.3. The van der Waals surface area contributed by atoms with Crippen molar-refractivity contribution in [3.8, 4) is 46.3 Å². The Morgan fingerprint density at radius 3 is 1.05 bits per heavy atom. The highest BCUT2D eigenvalue weighted by molar-refractivity contribution is 5.90. The summed E-state index contributed by atoms with van der Waals surface area (Å²) in [6.45, 7) is 0. The quantitative estimate of drug-likeness (QED) is 0.212. The van der Waals surface area contributed by atoms with Gasteiger partial charge in [0.1, 0.15) is 0 Å². The molecule has 2 heterocycles. The lowest BCUT2D eigenvalue weighted by atomic mass is 9.94. The van der Waals surface area contributed by atoms with Crippen molar-refractivity contribution >= 4 is 34.1 Å². The smallest absolute Gasteiger partial charge is 0.151 e. The second-order valence-corrected chi connectivity index (χ2v) is 10.4. The summed E-state index contributed by atoms with van der Waals surface area (Å²) < 4.78 is 12.3. The van der Waals surface area contributed by atoms with Crippen LogP contribution in [0.25, 0.3) is 11.1 Å². The van der Waals surface area contributed by atoms with E-state index in [1.54, 1.807) is 0 Å². The van der Waals surface area contributed by atoms with Crippen molar-refractivity contribution in [3.63, 3.8) is 0 Å². The maximum Gasteiger partial charge on any atom is 0.151 e. The van der Waals surface area contributed by atoms with Crippen LogP contribution in [-0.2, 0) is 0 Å². The van der Waals surface area contributed by atoms with Gasteiger partial charge in [-0.3, -0.25) is 0 Å². The van der Waals surface area contributed by atoms with E-state index in [2.05, 4.69) is 21.9 Å². The first-order valence-electron chi connectivity index (χ1n) is 14.1. The Hall–Kier alpha value is -6.50. The van der Waals surface area contributed by atoms with Crippen LogP contribution in [0, 0.1) is 22.7 Å². The summed E-state index contributed by atoms with van der Waals surface area (Å²) >= 11 is 0. The molecule has 2 aliphatic rings. The van der Waals surface area contributed by atoms with E-state index in [1.165, 1.54) is 0 Å². The highest BCUT2D eigenvalue weighted by Gasteiger charge is 2.28. The zero-order chi connectivity index (χ0) is 29.6. The first-order chi connectivity index (χ1) is 21.7. The molecule has 0 amide bonds. The number of anilines is 6. The minimum Gasteiger partial charge on any atom is -0.453 e. The molecule has 0 bridgehead atoms. The molecule has 44 heavy (non-hydrogen) atoms. The van der Waals surface area contributed by atoms with Crippen LogP contribution in [0.3, 0.4) is 0 Å². The van der Waals surface area contributed by atoms with Crippen LogP contribution in [0.5, 0.6) is 23.0 Å². The molecule has 0 fully saturated rings. The van der Waals surface area contributed by atoms with Gasteiger partial charge in [0, 0.05) is 22.5 Å². The zero-order valence-electron chi connectivity index (χ0n) is 23.3. The number of benzene rings is 6. The Bertz CT molecular complexity index is 1950. The first kappa shape index (κ1) is 25.2. The summed E-state index contributed by atoms with van der Waals surface area (Å²) in [6.07, 6.45) is 0. The molecule has 6 aromatic carbocycles. The summed E-state index contributed by atoms with van der Waals surface area (Å²) in [5, 5.41) is 20.7. The van der Waals surface area contributed by atoms with Gasteiger partial charge in [-0.2, -0.15) is 10.5 Å². The summed E-state index contributed by atoms with van der Waals surface area (Å²) in [5.41, 5.74) is 7.51. The van der Waals surface area contributed by atoms with Crippen molar-refractivity contribution in [2.75, 3.05) is 9.80 Å². The van der Waals surface area contributed by atoms with Crippen molar-refractivity contribution in [2.24, 2.45) is 0 Å². The Morgan fingerprint density at radius 1 is 0.409 bits per heavy atom. The number of rotatable bonds is 3. The number of fused-ring (bicyclic) bond motifs is 4. The van der Waals surface area contributed by atoms with Gasteiger partial charge in [0.15, 0.2) is 23.0 Å². The molecular formula is C38H22N4O2. The fourth-order valence-electron chi connectivity index (χ4n) is 5.96. The Balaban J connectivity index is 1.23. The Morgan fingerprint density at radius 2 is 0.727 bits per heavy atom. The van der Waals surface area contributed by atoms with Gasteiger partial charge in [0.25, 0.3) is 0 Å². The van der Waals surface area contributed by atoms with Crippen LogP contribution in [0.1, 0.15) is 11.1 Å². The van der Waals surface area contributed by atoms with Crippen molar-refractivity contribution in [2.45, 2.75) is 0 Å². The molecule has 0 N–H and O–H groups in total. The SMILES string of the molecule is N#Cc1cc(N2c3ccccc3Oc3ccccc32)ccc1-c1ccc(N2c3ccccc3Oc3ccccc32)cc1C#N. The molecule has 0 radical (unpaired) electrons. The van der Waals surface area contributed by atoms with Gasteiger partial charge in [-0.15, -0.1) is 0 Å². The highest BCUT2D eigenvalue weighted by Crippen LogP contribution is 2.52. The second-order valence-electron chi connectivity index (χ2n) is 10.4. The number of hydrogen-bond acceptors (Lipinski definition) is 6. The predicted octanol–water partition coefficient (Wildman–Crippen LogP) is 10.2. The molecule has 0 spiro atoms. The molecule has 0 saturated carbocycles. The van der Waals surface area contributed by atoms with Crippen LogP contribution in [-0.4, -0.2) is 0 Å². The van der Waals surface area contributed by atoms with Gasteiger partial charge < -0.3 is 19.3 Å². The molecule has 6 nitrogen and oxygen atoms in total. The number of hydrogen-bond donors (Lipinski definition) is 0. The van der Waals surface area contributed by atoms with Crippen molar-refractivity contribution in [1.29, 1.82) is 10.5 Å². The molecule has 6 heteroatoms. The molecule has 0 aromatic heterocycles. The Kier molecular flexibility index (Phi) is 5.79. The molecule has 2 aliphatic heterocycles. The van der Waals surface area contributed by atoms with E-state index in [-0.39, 0.29) is 0 Å². The monoisotopic (exact) mass is 566 g/mol. The standard InChI is InChI=1S/C38H22N4O2/c39-23-25-21-27(41-31-9-1-5-13-35(31)43-36-14-6-2-10-32(36)41)17-19-29(25)30-20-18-28(22-26(30)24-40)42-33-11-3-7-15-37(33)44-38-16-8-4-12-34(38)42/h1-22H. The minimum atomic E-state index is 0.468. The molecule has 8 rings (SSSR count). The van der Waals surface area contributed by atoms with Crippen LogP contribution >= 0.6 is 0 Å². The van der Waals surface area contributed by atoms with Gasteiger partial charge in [-0.1, -0.05) is 60.7 Å². The maximum atomic E-state index is 10.3. The lowest BCUT2D eigenvalue weighted by molar-refractivity contribution is 0.476. The van der Waals surface area contributed by atoms with Crippen LogP contribution in [0.15, 0.2) is 133 Å². The van der Waals surface area contributed by atoms with Crippen molar-refractivity contribution in [1.82, 2.24) is 0 Å². The van der Waals surface area contributed by atoms with E-state index < -0.39 is 0 Å².